The van der Waals surface area contributed by atoms with Crippen molar-refractivity contribution in [1.82, 2.24) is 5.32 Å². The molecule has 1 aromatic rings. The van der Waals surface area contributed by atoms with E-state index in [9.17, 15) is 4.79 Å². The SMILES string of the molecule is CC=C(C(=O)NC)c1ccccc1COC. The summed E-state index contributed by atoms with van der Waals surface area (Å²) in [5, 5.41) is 2.64. The molecule has 0 aliphatic rings. The van der Waals surface area contributed by atoms with Gasteiger partial charge < -0.3 is 10.1 Å². The van der Waals surface area contributed by atoms with Crippen molar-refractivity contribution in [3.63, 3.8) is 0 Å². The fourth-order valence-corrected chi connectivity index (χ4v) is 1.61. The average molecular weight is 219 g/mol. The number of hydrogen-bond donors (Lipinski definition) is 1. The number of methoxy groups -OCH3 is 1. The largest absolute Gasteiger partial charge is 0.380 e. The van der Waals surface area contributed by atoms with Gasteiger partial charge in [-0.25, -0.2) is 0 Å². The first-order valence-electron chi connectivity index (χ1n) is 5.20. The van der Waals surface area contributed by atoms with Gasteiger partial charge >= 0.3 is 0 Å². The lowest BCUT2D eigenvalue weighted by Gasteiger charge is -2.11. The van der Waals surface area contributed by atoms with E-state index in [0.29, 0.717) is 12.2 Å². The Kier molecular flexibility index (Phi) is 4.73. The van der Waals surface area contributed by atoms with Crippen molar-refractivity contribution in [1.29, 1.82) is 0 Å². The number of amides is 1. The third-order valence-electron chi connectivity index (χ3n) is 2.37. The van der Waals surface area contributed by atoms with Crippen molar-refractivity contribution < 1.29 is 9.53 Å². The molecule has 0 aliphatic carbocycles. The molecule has 0 heterocycles. The van der Waals surface area contributed by atoms with E-state index < -0.39 is 0 Å². The molecular weight excluding hydrogens is 202 g/mol. The highest BCUT2D eigenvalue weighted by Crippen LogP contribution is 2.20. The fourth-order valence-electron chi connectivity index (χ4n) is 1.61. The van der Waals surface area contributed by atoms with Crippen LogP contribution in [0.5, 0.6) is 0 Å². The van der Waals surface area contributed by atoms with Crippen LogP contribution >= 0.6 is 0 Å². The Hall–Kier alpha value is -1.61. The van der Waals surface area contributed by atoms with Gasteiger partial charge in [0.15, 0.2) is 0 Å². The minimum absolute atomic E-state index is 0.0777. The van der Waals surface area contributed by atoms with Crippen LogP contribution < -0.4 is 5.32 Å². The lowest BCUT2D eigenvalue weighted by molar-refractivity contribution is -0.115. The summed E-state index contributed by atoms with van der Waals surface area (Å²) in [6, 6.07) is 7.75. The first-order chi connectivity index (χ1) is 7.74. The Bertz CT molecular complexity index is 397. The van der Waals surface area contributed by atoms with Gasteiger partial charge in [-0.1, -0.05) is 30.3 Å². The second kappa shape index (κ2) is 6.08. The van der Waals surface area contributed by atoms with Crippen LogP contribution in [0.4, 0.5) is 0 Å². The van der Waals surface area contributed by atoms with Gasteiger partial charge in [-0.15, -0.1) is 0 Å². The molecule has 3 nitrogen and oxygen atoms in total. The number of nitrogens with one attached hydrogen (secondary N) is 1. The lowest BCUT2D eigenvalue weighted by Crippen LogP contribution is -2.19. The van der Waals surface area contributed by atoms with Crippen LogP contribution in [-0.2, 0) is 16.1 Å². The molecule has 0 unspecified atom stereocenters. The summed E-state index contributed by atoms with van der Waals surface area (Å²) in [6.45, 7) is 2.36. The van der Waals surface area contributed by atoms with Crippen LogP contribution in [0.3, 0.4) is 0 Å². The highest BCUT2D eigenvalue weighted by Gasteiger charge is 2.12. The summed E-state index contributed by atoms with van der Waals surface area (Å²) < 4.78 is 5.12. The van der Waals surface area contributed by atoms with E-state index >= 15 is 0 Å². The summed E-state index contributed by atoms with van der Waals surface area (Å²) in [4.78, 5) is 11.7. The molecule has 0 fully saturated rings. The van der Waals surface area contributed by atoms with Crippen molar-refractivity contribution in [3.05, 3.63) is 41.5 Å². The molecular formula is C13H17NO2. The van der Waals surface area contributed by atoms with Gasteiger partial charge in [0.2, 0.25) is 0 Å². The molecule has 0 saturated heterocycles. The third kappa shape index (κ3) is 2.70. The Morgan fingerprint density at radius 1 is 1.44 bits per heavy atom. The summed E-state index contributed by atoms with van der Waals surface area (Å²) in [5.74, 6) is -0.0777. The van der Waals surface area contributed by atoms with Gasteiger partial charge in [-0.3, -0.25) is 4.79 Å². The van der Waals surface area contributed by atoms with E-state index in [1.807, 2.05) is 37.3 Å². The second-order valence-corrected chi connectivity index (χ2v) is 3.37. The highest BCUT2D eigenvalue weighted by atomic mass is 16.5. The molecule has 3 heteroatoms. The number of carbonyl (C=O) groups is 1. The third-order valence-corrected chi connectivity index (χ3v) is 2.37. The van der Waals surface area contributed by atoms with Gasteiger partial charge in [0.25, 0.3) is 5.91 Å². The van der Waals surface area contributed by atoms with Crippen molar-refractivity contribution in [2.75, 3.05) is 14.2 Å². The summed E-state index contributed by atoms with van der Waals surface area (Å²) in [7, 11) is 3.27. The van der Waals surface area contributed by atoms with Crippen LogP contribution in [0.25, 0.3) is 5.57 Å². The second-order valence-electron chi connectivity index (χ2n) is 3.37. The number of carbonyl (C=O) groups excluding carboxylic acids is 1. The highest BCUT2D eigenvalue weighted by molar-refractivity contribution is 6.19. The first kappa shape index (κ1) is 12.5. The first-order valence-corrected chi connectivity index (χ1v) is 5.20. The fraction of sp³-hybridized carbons (Fsp3) is 0.308. The maximum absolute atomic E-state index is 11.7. The maximum atomic E-state index is 11.7. The Labute approximate surface area is 96.1 Å². The number of ether oxygens (including phenoxy) is 1. The Balaban J connectivity index is 3.15. The van der Waals surface area contributed by atoms with Crippen LogP contribution in [0, 0.1) is 0 Å². The van der Waals surface area contributed by atoms with E-state index in [0.717, 1.165) is 11.1 Å². The van der Waals surface area contributed by atoms with Crippen LogP contribution in [-0.4, -0.2) is 20.1 Å². The quantitative estimate of drug-likeness (QED) is 0.786. The summed E-state index contributed by atoms with van der Waals surface area (Å²) in [6.07, 6.45) is 1.81. The predicted octanol–water partition coefficient (Wildman–Crippen LogP) is 1.98. The van der Waals surface area contributed by atoms with E-state index in [2.05, 4.69) is 5.32 Å². The maximum Gasteiger partial charge on any atom is 0.251 e. The molecule has 0 aromatic heterocycles. The van der Waals surface area contributed by atoms with Gasteiger partial charge in [-0.2, -0.15) is 0 Å². The minimum Gasteiger partial charge on any atom is -0.380 e. The number of rotatable bonds is 4. The van der Waals surface area contributed by atoms with E-state index in [-0.39, 0.29) is 5.91 Å². The molecule has 1 aromatic carbocycles. The molecule has 0 atom stereocenters. The van der Waals surface area contributed by atoms with Gasteiger partial charge in [0.05, 0.1) is 6.61 Å². The molecule has 1 N–H and O–H groups in total. The molecule has 86 valence electrons. The normalized spacial score (nSPS) is 11.3. The van der Waals surface area contributed by atoms with E-state index in [1.54, 1.807) is 14.2 Å². The predicted molar refractivity (Wildman–Crippen MR) is 64.9 cm³/mol. The molecule has 0 saturated carbocycles. The number of hydrogen-bond acceptors (Lipinski definition) is 2. The lowest BCUT2D eigenvalue weighted by atomic mass is 9.99. The van der Waals surface area contributed by atoms with Crippen LogP contribution in [0.1, 0.15) is 18.1 Å². The zero-order valence-corrected chi connectivity index (χ0v) is 9.91. The zero-order chi connectivity index (χ0) is 12.0. The van der Waals surface area contributed by atoms with Gasteiger partial charge in [0.1, 0.15) is 0 Å². The van der Waals surface area contributed by atoms with Crippen LogP contribution in [0.2, 0.25) is 0 Å². The molecule has 1 amide bonds. The summed E-state index contributed by atoms with van der Waals surface area (Å²) in [5.41, 5.74) is 2.61. The van der Waals surface area contributed by atoms with E-state index in [4.69, 9.17) is 4.74 Å². The molecule has 0 bridgehead atoms. The van der Waals surface area contributed by atoms with Crippen molar-refractivity contribution in [2.45, 2.75) is 13.5 Å². The van der Waals surface area contributed by atoms with E-state index in [1.165, 1.54) is 0 Å². The zero-order valence-electron chi connectivity index (χ0n) is 9.91. The molecule has 16 heavy (non-hydrogen) atoms. The van der Waals surface area contributed by atoms with Crippen molar-refractivity contribution in [3.8, 4) is 0 Å². The summed E-state index contributed by atoms with van der Waals surface area (Å²) >= 11 is 0. The topological polar surface area (TPSA) is 38.3 Å². The molecule has 0 radical (unpaired) electrons. The van der Waals surface area contributed by atoms with Crippen molar-refractivity contribution in [2.24, 2.45) is 0 Å². The molecule has 0 aliphatic heterocycles. The van der Waals surface area contributed by atoms with Gasteiger partial charge in [0, 0.05) is 19.7 Å². The van der Waals surface area contributed by atoms with Gasteiger partial charge in [-0.05, 0) is 18.1 Å². The number of allylic oxidation sites excluding steroid dienone is 1. The minimum atomic E-state index is -0.0777. The smallest absolute Gasteiger partial charge is 0.251 e. The molecule has 1 rings (SSSR count). The number of likely N-dealkylation sites (N-methyl/N-ethyl adjacent to an activating group) is 1. The monoisotopic (exact) mass is 219 g/mol. The Morgan fingerprint density at radius 2 is 2.12 bits per heavy atom. The van der Waals surface area contributed by atoms with Crippen molar-refractivity contribution >= 4 is 11.5 Å². The Morgan fingerprint density at radius 3 is 2.69 bits per heavy atom. The molecule has 0 spiro atoms. The standard InChI is InChI=1S/C13H17NO2/c1-4-11(13(15)14-2)12-8-6-5-7-10(12)9-16-3/h4-8H,9H2,1-3H3,(H,14,15). The van der Waals surface area contributed by atoms with Crippen LogP contribution in [0.15, 0.2) is 30.3 Å². The average Bonchev–Trinajstić information content (AvgIpc) is 2.32. The number of benzene rings is 1.